The first-order valence-corrected chi connectivity index (χ1v) is 6.50. The summed E-state index contributed by atoms with van der Waals surface area (Å²) < 4.78 is 0. The summed E-state index contributed by atoms with van der Waals surface area (Å²) in [6, 6.07) is 4.11. The first-order chi connectivity index (χ1) is 8.04. The summed E-state index contributed by atoms with van der Waals surface area (Å²) in [6.45, 7) is 9.10. The third kappa shape index (κ3) is 1.98. The Morgan fingerprint density at radius 1 is 1.18 bits per heavy atom. The summed E-state index contributed by atoms with van der Waals surface area (Å²) in [4.78, 5) is 4.20. The van der Waals surface area contributed by atoms with Gasteiger partial charge in [0, 0.05) is 29.0 Å². The number of aromatic nitrogens is 1. The van der Waals surface area contributed by atoms with E-state index in [4.69, 9.17) is 0 Å². The third-order valence-corrected chi connectivity index (χ3v) is 4.58. The molecule has 2 N–H and O–H groups in total. The zero-order valence-electron chi connectivity index (χ0n) is 11.2. The van der Waals surface area contributed by atoms with Crippen LogP contribution in [0.15, 0.2) is 24.5 Å². The van der Waals surface area contributed by atoms with E-state index in [0.717, 1.165) is 12.8 Å². The fourth-order valence-electron chi connectivity index (χ4n) is 2.69. The molecule has 3 nitrogen and oxygen atoms in total. The maximum atomic E-state index is 4.20. The molecule has 0 radical (unpaired) electrons. The molecule has 0 aromatic carbocycles. The molecule has 0 bridgehead atoms. The van der Waals surface area contributed by atoms with Crippen molar-refractivity contribution >= 4 is 0 Å². The molecule has 2 heterocycles. The van der Waals surface area contributed by atoms with Crippen LogP contribution < -0.4 is 10.6 Å². The van der Waals surface area contributed by atoms with Gasteiger partial charge in [-0.25, -0.2) is 0 Å². The van der Waals surface area contributed by atoms with Crippen molar-refractivity contribution in [2.45, 2.75) is 57.8 Å². The molecule has 1 fully saturated rings. The minimum atomic E-state index is 0.127. The predicted octanol–water partition coefficient (Wildman–Crippen LogP) is 2.61. The van der Waals surface area contributed by atoms with Gasteiger partial charge in [-0.1, -0.05) is 19.9 Å². The lowest BCUT2D eigenvalue weighted by molar-refractivity contribution is 0.232. The van der Waals surface area contributed by atoms with Crippen LogP contribution in [0.5, 0.6) is 0 Å². The van der Waals surface area contributed by atoms with Crippen LogP contribution in [0.3, 0.4) is 0 Å². The molecule has 2 rings (SSSR count). The molecular formula is C14H23N3. The van der Waals surface area contributed by atoms with Crippen molar-refractivity contribution in [3.63, 3.8) is 0 Å². The van der Waals surface area contributed by atoms with E-state index >= 15 is 0 Å². The van der Waals surface area contributed by atoms with Gasteiger partial charge in [0.2, 0.25) is 0 Å². The van der Waals surface area contributed by atoms with Crippen LogP contribution in [0, 0.1) is 0 Å². The van der Waals surface area contributed by atoms with E-state index < -0.39 is 0 Å². The monoisotopic (exact) mass is 233 g/mol. The molecule has 0 amide bonds. The summed E-state index contributed by atoms with van der Waals surface area (Å²) in [5.41, 5.74) is 1.47. The highest BCUT2D eigenvalue weighted by Crippen LogP contribution is 2.37. The highest BCUT2D eigenvalue weighted by molar-refractivity contribution is 5.21. The van der Waals surface area contributed by atoms with Crippen LogP contribution in [-0.4, -0.2) is 16.1 Å². The fourth-order valence-corrected chi connectivity index (χ4v) is 2.69. The van der Waals surface area contributed by atoms with E-state index in [0.29, 0.717) is 0 Å². The van der Waals surface area contributed by atoms with Crippen LogP contribution in [0.2, 0.25) is 0 Å². The molecular weight excluding hydrogens is 210 g/mol. The lowest BCUT2D eigenvalue weighted by Gasteiger charge is -2.39. The highest BCUT2D eigenvalue weighted by Gasteiger charge is 2.49. The van der Waals surface area contributed by atoms with Gasteiger partial charge in [-0.3, -0.25) is 15.6 Å². The van der Waals surface area contributed by atoms with Crippen molar-refractivity contribution in [1.82, 2.24) is 15.6 Å². The van der Waals surface area contributed by atoms with Crippen LogP contribution >= 0.6 is 0 Å². The first-order valence-electron chi connectivity index (χ1n) is 6.50. The third-order valence-electron chi connectivity index (χ3n) is 4.58. The average molecular weight is 233 g/mol. The molecule has 1 aromatic heterocycles. The zero-order chi connectivity index (χ0) is 12.5. The lowest BCUT2D eigenvalue weighted by Crippen LogP contribution is -2.55. The van der Waals surface area contributed by atoms with Crippen LogP contribution in [-0.2, 0) is 0 Å². The van der Waals surface area contributed by atoms with Crippen molar-refractivity contribution in [3.8, 4) is 0 Å². The van der Waals surface area contributed by atoms with Crippen LogP contribution in [0.25, 0.3) is 0 Å². The minimum Gasteiger partial charge on any atom is -0.291 e. The van der Waals surface area contributed by atoms with Gasteiger partial charge < -0.3 is 0 Å². The Balaban J connectivity index is 2.27. The van der Waals surface area contributed by atoms with Gasteiger partial charge in [-0.15, -0.1) is 0 Å². The largest absolute Gasteiger partial charge is 0.291 e. The topological polar surface area (TPSA) is 37.0 Å². The minimum absolute atomic E-state index is 0.127. The second kappa shape index (κ2) is 4.39. The number of hydrogen-bond donors (Lipinski definition) is 2. The van der Waals surface area contributed by atoms with E-state index in [2.05, 4.69) is 49.4 Å². The molecule has 94 valence electrons. The quantitative estimate of drug-likeness (QED) is 0.842. The molecule has 0 saturated carbocycles. The van der Waals surface area contributed by atoms with Gasteiger partial charge in [-0.2, -0.15) is 0 Å². The van der Waals surface area contributed by atoms with E-state index in [1.165, 1.54) is 5.56 Å². The Morgan fingerprint density at radius 2 is 1.76 bits per heavy atom. The Hall–Kier alpha value is -0.930. The number of hydrogen-bond acceptors (Lipinski definition) is 3. The van der Waals surface area contributed by atoms with Gasteiger partial charge in [0.1, 0.15) is 0 Å². The van der Waals surface area contributed by atoms with Crippen molar-refractivity contribution in [3.05, 3.63) is 30.1 Å². The molecule has 17 heavy (non-hydrogen) atoms. The predicted molar refractivity (Wildman–Crippen MR) is 70.6 cm³/mol. The molecule has 0 aliphatic carbocycles. The summed E-state index contributed by atoms with van der Waals surface area (Å²) in [7, 11) is 0. The maximum Gasteiger partial charge on any atom is 0.0860 e. The van der Waals surface area contributed by atoms with Gasteiger partial charge in [0.15, 0.2) is 0 Å². The Labute approximate surface area is 104 Å². The lowest BCUT2D eigenvalue weighted by atomic mass is 9.77. The summed E-state index contributed by atoms with van der Waals surface area (Å²) in [5.74, 6) is 0. The van der Waals surface area contributed by atoms with Gasteiger partial charge in [0.25, 0.3) is 0 Å². The Kier molecular flexibility index (Phi) is 3.23. The molecule has 0 unspecified atom stereocenters. The fraction of sp³-hybridized carbons (Fsp3) is 0.643. The second-order valence-electron chi connectivity index (χ2n) is 5.38. The van der Waals surface area contributed by atoms with Crippen molar-refractivity contribution in [2.24, 2.45) is 0 Å². The number of nitrogens with one attached hydrogen (secondary N) is 2. The summed E-state index contributed by atoms with van der Waals surface area (Å²) in [6.07, 6.45) is 6.18. The van der Waals surface area contributed by atoms with Gasteiger partial charge >= 0.3 is 0 Å². The van der Waals surface area contributed by atoms with Crippen molar-refractivity contribution < 1.29 is 0 Å². The smallest absolute Gasteiger partial charge is 0.0860 e. The molecule has 1 aromatic rings. The second-order valence-corrected chi connectivity index (χ2v) is 5.38. The Bertz CT molecular complexity index is 360. The number of pyridine rings is 1. The standard InChI is InChI=1S/C14H23N3/c1-5-13(3)14(4,6-2)17-12(16-13)11-8-7-9-15-10-11/h7-10,12,16-17H,5-6H2,1-4H3/t13-,14-/m1/s1. The molecule has 0 spiro atoms. The number of rotatable bonds is 3. The summed E-state index contributed by atoms with van der Waals surface area (Å²) in [5, 5.41) is 7.45. The SMILES string of the molecule is CC[C@@]1(C)NC(c2cccnc2)N[C@]1(C)CC. The maximum absolute atomic E-state index is 4.20. The molecule has 1 aliphatic rings. The number of nitrogens with zero attached hydrogens (tertiary/aromatic N) is 1. The van der Waals surface area contributed by atoms with E-state index in [9.17, 15) is 0 Å². The van der Waals surface area contributed by atoms with E-state index in [1.807, 2.05) is 18.5 Å². The molecule has 3 heteroatoms. The van der Waals surface area contributed by atoms with Crippen LogP contribution in [0.4, 0.5) is 0 Å². The molecule has 1 aliphatic heterocycles. The summed E-state index contributed by atoms with van der Waals surface area (Å²) >= 11 is 0. The van der Waals surface area contributed by atoms with Crippen molar-refractivity contribution in [1.29, 1.82) is 0 Å². The van der Waals surface area contributed by atoms with Crippen molar-refractivity contribution in [2.75, 3.05) is 0 Å². The molecule has 1 saturated heterocycles. The van der Waals surface area contributed by atoms with Gasteiger partial charge in [-0.05, 0) is 32.8 Å². The average Bonchev–Trinajstić information content (AvgIpc) is 2.65. The van der Waals surface area contributed by atoms with E-state index in [-0.39, 0.29) is 17.2 Å². The van der Waals surface area contributed by atoms with E-state index in [1.54, 1.807) is 0 Å². The normalized spacial score (nSPS) is 34.1. The zero-order valence-corrected chi connectivity index (χ0v) is 11.2. The Morgan fingerprint density at radius 3 is 2.18 bits per heavy atom. The first kappa shape index (κ1) is 12.5. The van der Waals surface area contributed by atoms with Gasteiger partial charge in [0.05, 0.1) is 6.17 Å². The molecule has 2 atom stereocenters. The van der Waals surface area contributed by atoms with Crippen LogP contribution in [0.1, 0.15) is 52.3 Å². The highest BCUT2D eigenvalue weighted by atomic mass is 15.3.